The molecule has 0 fully saturated rings. The second kappa shape index (κ2) is 9.08. The van der Waals surface area contributed by atoms with E-state index in [1.807, 2.05) is 0 Å². The zero-order chi connectivity index (χ0) is 13.2. The Morgan fingerprint density at radius 3 is 2.78 bits per heavy atom. The molecule has 0 radical (unpaired) electrons. The van der Waals surface area contributed by atoms with Gasteiger partial charge in [-0.15, -0.1) is 0 Å². The maximum absolute atomic E-state index is 10.7. The van der Waals surface area contributed by atoms with E-state index in [4.69, 9.17) is 0 Å². The molecule has 0 aliphatic rings. The number of amides is 1. The van der Waals surface area contributed by atoms with Gasteiger partial charge in [-0.3, -0.25) is 4.79 Å². The molecule has 0 spiro atoms. The minimum absolute atomic E-state index is 0.0318. The fraction of sp³-hybridized carbons (Fsp3) is 0.429. The molecule has 0 aromatic carbocycles. The number of unbranched alkanes of at least 4 members (excludes halogenated alkanes) is 1. The second-order valence-corrected chi connectivity index (χ2v) is 4.90. The predicted molar refractivity (Wildman–Crippen MR) is 81.4 cm³/mol. The summed E-state index contributed by atoms with van der Waals surface area (Å²) in [5.41, 5.74) is 1.26. The third-order valence-corrected chi connectivity index (χ3v) is 3.13. The Hall–Kier alpha value is -0.910. The zero-order valence-electron chi connectivity index (χ0n) is 10.7. The number of aryl methyl sites for hydroxylation is 1. The molecule has 1 heterocycles. The van der Waals surface area contributed by atoms with Crippen LogP contribution in [0.1, 0.15) is 25.3 Å². The van der Waals surface area contributed by atoms with Crippen molar-refractivity contribution in [3.63, 3.8) is 0 Å². The van der Waals surface area contributed by atoms with Gasteiger partial charge in [0.15, 0.2) is 12.4 Å². The van der Waals surface area contributed by atoms with Crippen LogP contribution >= 0.6 is 22.6 Å². The van der Waals surface area contributed by atoms with Gasteiger partial charge in [0.05, 0.1) is 0 Å². The van der Waals surface area contributed by atoms with Gasteiger partial charge in [0.25, 0.3) is 0 Å². The molecule has 0 unspecified atom stereocenters. The van der Waals surface area contributed by atoms with Crippen molar-refractivity contribution in [3.8, 4) is 0 Å². The molecular formula is C14H20IN2O+. The molecule has 0 aliphatic heterocycles. The summed E-state index contributed by atoms with van der Waals surface area (Å²) in [4.78, 5) is 10.7. The monoisotopic (exact) mass is 359 g/mol. The van der Waals surface area contributed by atoms with E-state index in [0.717, 1.165) is 25.8 Å². The van der Waals surface area contributed by atoms with Crippen LogP contribution in [0.3, 0.4) is 0 Å². The largest absolute Gasteiger partial charge is 0.356 e. The summed E-state index contributed by atoms with van der Waals surface area (Å²) < 4.78 is 4.26. The molecule has 0 saturated heterocycles. The van der Waals surface area contributed by atoms with E-state index in [0.29, 0.717) is 6.54 Å². The highest BCUT2D eigenvalue weighted by Crippen LogP contribution is 1.97. The Balaban J connectivity index is 2.30. The molecule has 1 N–H and O–H groups in total. The van der Waals surface area contributed by atoms with Crippen LogP contribution in [0.4, 0.5) is 0 Å². The van der Waals surface area contributed by atoms with Crippen LogP contribution in [-0.4, -0.2) is 12.5 Å². The number of rotatable bonds is 7. The number of pyridine rings is 1. The van der Waals surface area contributed by atoms with E-state index in [1.165, 1.54) is 5.56 Å². The highest BCUT2D eigenvalue weighted by molar-refractivity contribution is 14.1. The first-order chi connectivity index (χ1) is 8.72. The molecule has 98 valence electrons. The number of allylic oxidation sites excluding steroid dienone is 1. The van der Waals surface area contributed by atoms with E-state index in [9.17, 15) is 4.79 Å². The maximum Gasteiger partial charge on any atom is 0.216 e. The molecule has 0 saturated carbocycles. The van der Waals surface area contributed by atoms with Gasteiger partial charge in [-0.05, 0) is 22.5 Å². The first kappa shape index (κ1) is 15.1. The van der Waals surface area contributed by atoms with Gasteiger partial charge < -0.3 is 5.32 Å². The van der Waals surface area contributed by atoms with Crippen molar-refractivity contribution in [2.24, 2.45) is 0 Å². The molecule has 0 aliphatic carbocycles. The fourth-order valence-corrected chi connectivity index (χ4v) is 2.00. The number of hydrogen-bond acceptors (Lipinski definition) is 1. The van der Waals surface area contributed by atoms with Crippen molar-refractivity contribution in [2.45, 2.75) is 32.7 Å². The Morgan fingerprint density at radius 2 is 2.17 bits per heavy atom. The lowest BCUT2D eigenvalue weighted by atomic mass is 10.2. The molecule has 0 atom stereocenters. The fourth-order valence-electron chi connectivity index (χ4n) is 1.64. The summed E-state index contributed by atoms with van der Waals surface area (Å²) in [6.45, 7) is 3.30. The average Bonchev–Trinajstić information content (AvgIpc) is 2.36. The van der Waals surface area contributed by atoms with E-state index >= 15 is 0 Å². The van der Waals surface area contributed by atoms with Crippen LogP contribution < -0.4 is 9.88 Å². The summed E-state index contributed by atoms with van der Waals surface area (Å²) in [7, 11) is 0. The second-order valence-electron chi connectivity index (χ2n) is 4.18. The zero-order valence-corrected chi connectivity index (χ0v) is 12.9. The molecule has 4 heteroatoms. The van der Waals surface area contributed by atoms with E-state index in [2.05, 4.69) is 67.2 Å². The number of carbonyl (C=O) groups is 1. The van der Waals surface area contributed by atoms with Crippen molar-refractivity contribution in [3.05, 3.63) is 40.2 Å². The van der Waals surface area contributed by atoms with Crippen LogP contribution in [0.5, 0.6) is 0 Å². The van der Waals surface area contributed by atoms with E-state index in [1.54, 1.807) is 6.92 Å². The number of nitrogens with zero attached hydrogens (tertiary/aromatic N) is 1. The number of nitrogens with one attached hydrogen (secondary N) is 1. The van der Waals surface area contributed by atoms with Crippen molar-refractivity contribution >= 4 is 28.5 Å². The van der Waals surface area contributed by atoms with E-state index < -0.39 is 0 Å². The molecule has 1 rings (SSSR count). The molecule has 3 nitrogen and oxygen atoms in total. The first-order valence-corrected chi connectivity index (χ1v) is 7.44. The number of aromatic nitrogens is 1. The van der Waals surface area contributed by atoms with Crippen LogP contribution in [0.25, 0.3) is 0 Å². The van der Waals surface area contributed by atoms with Gasteiger partial charge >= 0.3 is 0 Å². The van der Waals surface area contributed by atoms with Gasteiger partial charge in [0.1, 0.15) is 6.54 Å². The van der Waals surface area contributed by atoms with Gasteiger partial charge in [-0.25, -0.2) is 4.57 Å². The lowest BCUT2D eigenvalue weighted by Crippen LogP contribution is -2.32. The minimum atomic E-state index is 0.0318. The number of carbonyl (C=O) groups excluding carboxylic acids is 1. The maximum atomic E-state index is 10.7. The molecule has 1 amide bonds. The topological polar surface area (TPSA) is 33.0 Å². The van der Waals surface area contributed by atoms with Gasteiger partial charge in [0, 0.05) is 32.0 Å². The molecule has 1 aromatic heterocycles. The third kappa shape index (κ3) is 6.74. The summed E-state index contributed by atoms with van der Waals surface area (Å²) in [5.74, 6) is 0.0318. The molecule has 0 bridgehead atoms. The summed E-state index contributed by atoms with van der Waals surface area (Å²) in [6.07, 6.45) is 9.57. The Labute approximate surface area is 122 Å². The van der Waals surface area contributed by atoms with Crippen molar-refractivity contribution < 1.29 is 9.36 Å². The normalized spacial score (nSPS) is 10.8. The highest BCUT2D eigenvalue weighted by Gasteiger charge is 2.00. The van der Waals surface area contributed by atoms with Gasteiger partial charge in [-0.1, -0.05) is 28.7 Å². The first-order valence-electron chi connectivity index (χ1n) is 6.20. The lowest BCUT2D eigenvalue weighted by molar-refractivity contribution is -0.697. The number of hydrogen-bond donors (Lipinski definition) is 1. The van der Waals surface area contributed by atoms with Gasteiger partial charge in [-0.2, -0.15) is 0 Å². The quantitative estimate of drug-likeness (QED) is 0.453. The van der Waals surface area contributed by atoms with Crippen LogP contribution in [0.2, 0.25) is 0 Å². The Kier molecular flexibility index (Phi) is 7.64. The van der Waals surface area contributed by atoms with Crippen molar-refractivity contribution in [2.75, 3.05) is 6.54 Å². The SMILES string of the molecule is CC(=O)NCCc1cc[n+](CCC/C=C/I)cc1. The molecule has 18 heavy (non-hydrogen) atoms. The lowest BCUT2D eigenvalue weighted by Gasteiger charge is -2.02. The third-order valence-electron chi connectivity index (χ3n) is 2.62. The Bertz CT molecular complexity index is 387. The standard InChI is InChI=1S/C14H19IN2O/c1-13(18)16-9-5-14-6-11-17(12-7-14)10-4-2-3-8-15/h3,6-8,11-12H,2,4-5,9-10H2,1H3/p+1/b8-3+. The van der Waals surface area contributed by atoms with Crippen LogP contribution in [0, 0.1) is 0 Å². The number of halogens is 1. The van der Waals surface area contributed by atoms with E-state index in [-0.39, 0.29) is 5.91 Å². The molecular weight excluding hydrogens is 339 g/mol. The predicted octanol–water partition coefficient (Wildman–Crippen LogP) is 2.38. The van der Waals surface area contributed by atoms with Crippen molar-refractivity contribution in [1.82, 2.24) is 5.32 Å². The summed E-state index contributed by atoms with van der Waals surface area (Å²) in [5, 5.41) is 2.80. The van der Waals surface area contributed by atoms with Crippen LogP contribution in [-0.2, 0) is 17.8 Å². The van der Waals surface area contributed by atoms with Crippen LogP contribution in [0.15, 0.2) is 34.7 Å². The highest BCUT2D eigenvalue weighted by atomic mass is 127. The minimum Gasteiger partial charge on any atom is -0.356 e. The van der Waals surface area contributed by atoms with Gasteiger partial charge in [0.2, 0.25) is 5.91 Å². The smallest absolute Gasteiger partial charge is 0.216 e. The van der Waals surface area contributed by atoms with Crippen molar-refractivity contribution in [1.29, 1.82) is 0 Å². The molecule has 1 aromatic rings. The Morgan fingerprint density at radius 1 is 1.44 bits per heavy atom. The summed E-state index contributed by atoms with van der Waals surface area (Å²) >= 11 is 2.25. The average molecular weight is 359 g/mol. The summed E-state index contributed by atoms with van der Waals surface area (Å²) in [6, 6.07) is 4.24.